The molecule has 0 unspecified atom stereocenters. The summed E-state index contributed by atoms with van der Waals surface area (Å²) in [4.78, 5) is 4.26. The van der Waals surface area contributed by atoms with Crippen molar-refractivity contribution in [2.75, 3.05) is 5.32 Å². The van der Waals surface area contributed by atoms with E-state index in [2.05, 4.69) is 16.4 Å². The Kier molecular flexibility index (Phi) is 3.54. The molecule has 0 amide bonds. The lowest BCUT2D eigenvalue weighted by molar-refractivity contribution is 0.626. The van der Waals surface area contributed by atoms with Gasteiger partial charge in [0.25, 0.3) is 0 Å². The molecule has 0 bridgehead atoms. The zero-order chi connectivity index (χ0) is 13.0. The molecule has 4 heteroatoms. The van der Waals surface area contributed by atoms with Crippen LogP contribution in [0.2, 0.25) is 0 Å². The van der Waals surface area contributed by atoms with Crippen molar-refractivity contribution in [2.24, 2.45) is 0 Å². The number of nitriles is 1. The van der Waals surface area contributed by atoms with Crippen molar-refractivity contribution in [3.05, 3.63) is 59.0 Å². The van der Waals surface area contributed by atoms with Gasteiger partial charge < -0.3 is 5.32 Å². The molecular weight excluding hydrogens is 229 g/mol. The van der Waals surface area contributed by atoms with Crippen LogP contribution in [0.25, 0.3) is 0 Å². The summed E-state index contributed by atoms with van der Waals surface area (Å²) >= 11 is 0. The summed E-state index contributed by atoms with van der Waals surface area (Å²) in [5.74, 6) is 0.361. The van der Waals surface area contributed by atoms with Gasteiger partial charge in [-0.15, -0.1) is 0 Å². The van der Waals surface area contributed by atoms with E-state index in [9.17, 15) is 4.39 Å². The maximum absolute atomic E-state index is 13.0. The largest absolute Gasteiger partial charge is 0.366 e. The molecule has 18 heavy (non-hydrogen) atoms. The second-order valence-corrected chi connectivity index (χ2v) is 3.98. The second-order valence-electron chi connectivity index (χ2n) is 3.98. The first-order valence-electron chi connectivity index (χ1n) is 5.54. The maximum Gasteiger partial charge on any atom is 0.127 e. The van der Waals surface area contributed by atoms with Gasteiger partial charge in [-0.05, 0) is 36.8 Å². The van der Waals surface area contributed by atoms with Crippen LogP contribution in [0.4, 0.5) is 10.2 Å². The molecule has 0 aliphatic rings. The third-order valence-corrected chi connectivity index (χ3v) is 2.45. The first kappa shape index (κ1) is 12.1. The Morgan fingerprint density at radius 3 is 2.89 bits per heavy atom. The van der Waals surface area contributed by atoms with Crippen molar-refractivity contribution in [3.63, 3.8) is 0 Å². The zero-order valence-corrected chi connectivity index (χ0v) is 9.94. The van der Waals surface area contributed by atoms with Crippen LogP contribution in [0.15, 0.2) is 36.4 Å². The monoisotopic (exact) mass is 241 g/mol. The fourth-order valence-corrected chi connectivity index (χ4v) is 1.66. The Hall–Kier alpha value is -2.41. The zero-order valence-electron chi connectivity index (χ0n) is 9.94. The molecule has 0 saturated carbocycles. The van der Waals surface area contributed by atoms with E-state index >= 15 is 0 Å². The number of pyridine rings is 1. The van der Waals surface area contributed by atoms with Crippen LogP contribution < -0.4 is 5.32 Å². The number of halogens is 1. The van der Waals surface area contributed by atoms with E-state index in [4.69, 9.17) is 5.26 Å². The first-order valence-corrected chi connectivity index (χ1v) is 5.54. The summed E-state index contributed by atoms with van der Waals surface area (Å²) in [7, 11) is 0. The van der Waals surface area contributed by atoms with Crippen molar-refractivity contribution >= 4 is 5.82 Å². The molecule has 2 rings (SSSR count). The summed E-state index contributed by atoms with van der Waals surface area (Å²) in [6, 6.07) is 11.8. The molecule has 0 aliphatic carbocycles. The quantitative estimate of drug-likeness (QED) is 0.898. The van der Waals surface area contributed by atoms with Crippen molar-refractivity contribution < 1.29 is 4.39 Å². The number of aryl methyl sites for hydroxylation is 1. The number of nitrogens with one attached hydrogen (secondary N) is 1. The summed E-state index contributed by atoms with van der Waals surface area (Å²) in [5.41, 5.74) is 2.16. The van der Waals surface area contributed by atoms with Gasteiger partial charge in [-0.3, -0.25) is 0 Å². The number of hydrogen-bond donors (Lipinski definition) is 1. The normalized spacial score (nSPS) is 9.83. The van der Waals surface area contributed by atoms with Gasteiger partial charge in [-0.25, -0.2) is 9.37 Å². The third-order valence-electron chi connectivity index (χ3n) is 2.45. The minimum absolute atomic E-state index is 0.260. The molecular formula is C14H12FN3. The van der Waals surface area contributed by atoms with Crippen LogP contribution in [0.3, 0.4) is 0 Å². The molecule has 0 aliphatic heterocycles. The van der Waals surface area contributed by atoms with Gasteiger partial charge in [-0.1, -0.05) is 12.1 Å². The third kappa shape index (κ3) is 3.05. The molecule has 0 radical (unpaired) electrons. The molecule has 0 saturated heterocycles. The average Bonchev–Trinajstić information content (AvgIpc) is 2.36. The highest BCUT2D eigenvalue weighted by atomic mass is 19.1. The molecule has 1 aromatic heterocycles. The van der Waals surface area contributed by atoms with E-state index in [0.29, 0.717) is 17.9 Å². The lowest BCUT2D eigenvalue weighted by Crippen LogP contribution is -2.02. The Morgan fingerprint density at radius 2 is 2.17 bits per heavy atom. The topological polar surface area (TPSA) is 48.7 Å². The lowest BCUT2D eigenvalue weighted by atomic mass is 10.2. The number of aromatic nitrogens is 1. The molecule has 90 valence electrons. The summed E-state index contributed by atoms with van der Waals surface area (Å²) in [6.45, 7) is 2.30. The number of benzene rings is 1. The van der Waals surface area contributed by atoms with Crippen molar-refractivity contribution in [3.8, 4) is 6.07 Å². The van der Waals surface area contributed by atoms with Crippen molar-refractivity contribution in [2.45, 2.75) is 13.5 Å². The minimum atomic E-state index is -0.260. The van der Waals surface area contributed by atoms with E-state index in [1.54, 1.807) is 18.2 Å². The van der Waals surface area contributed by atoms with Gasteiger partial charge in [-0.2, -0.15) is 5.26 Å². The molecule has 1 N–H and O–H groups in total. The number of nitrogens with zero attached hydrogens (tertiary/aromatic N) is 2. The highest BCUT2D eigenvalue weighted by molar-refractivity contribution is 5.44. The Balaban J connectivity index is 2.11. The highest BCUT2D eigenvalue weighted by Crippen LogP contribution is 2.11. The lowest BCUT2D eigenvalue weighted by Gasteiger charge is -2.07. The fraction of sp³-hybridized carbons (Fsp3) is 0.143. The average molecular weight is 241 g/mol. The Morgan fingerprint density at radius 1 is 1.33 bits per heavy atom. The van der Waals surface area contributed by atoms with Gasteiger partial charge >= 0.3 is 0 Å². The Bertz CT molecular complexity index is 602. The molecule has 3 nitrogen and oxygen atoms in total. The summed E-state index contributed by atoms with van der Waals surface area (Å²) in [6.07, 6.45) is 0. The molecule has 1 aromatic carbocycles. The van der Waals surface area contributed by atoms with Crippen LogP contribution in [0, 0.1) is 24.1 Å². The second kappa shape index (κ2) is 5.28. The molecule has 0 fully saturated rings. The van der Waals surface area contributed by atoms with Gasteiger partial charge in [0.05, 0.1) is 11.6 Å². The molecule has 0 spiro atoms. The number of rotatable bonds is 3. The van der Waals surface area contributed by atoms with Crippen LogP contribution >= 0.6 is 0 Å². The van der Waals surface area contributed by atoms with Crippen LogP contribution in [-0.4, -0.2) is 4.98 Å². The maximum atomic E-state index is 13.0. The fourth-order valence-electron chi connectivity index (χ4n) is 1.66. The van der Waals surface area contributed by atoms with Crippen LogP contribution in [-0.2, 0) is 6.54 Å². The first-order chi connectivity index (χ1) is 8.67. The van der Waals surface area contributed by atoms with E-state index in [1.807, 2.05) is 13.0 Å². The Labute approximate surface area is 105 Å². The molecule has 2 aromatic rings. The molecule has 1 heterocycles. The van der Waals surface area contributed by atoms with E-state index in [1.165, 1.54) is 12.1 Å². The summed E-state index contributed by atoms with van der Waals surface area (Å²) < 4.78 is 13.0. The predicted molar refractivity (Wildman–Crippen MR) is 67.4 cm³/mol. The SMILES string of the molecule is Cc1cc(C#N)cc(NCc2cccc(F)c2)n1. The molecule has 0 atom stereocenters. The van der Waals surface area contributed by atoms with E-state index in [-0.39, 0.29) is 5.82 Å². The van der Waals surface area contributed by atoms with E-state index < -0.39 is 0 Å². The number of hydrogen-bond acceptors (Lipinski definition) is 3. The smallest absolute Gasteiger partial charge is 0.127 e. The predicted octanol–water partition coefficient (Wildman–Crippen LogP) is 3.01. The van der Waals surface area contributed by atoms with Gasteiger partial charge in [0.2, 0.25) is 0 Å². The van der Waals surface area contributed by atoms with Gasteiger partial charge in [0.1, 0.15) is 11.6 Å². The van der Waals surface area contributed by atoms with E-state index in [0.717, 1.165) is 11.3 Å². The summed E-state index contributed by atoms with van der Waals surface area (Å²) in [5, 5.41) is 11.9. The van der Waals surface area contributed by atoms with Crippen LogP contribution in [0.1, 0.15) is 16.8 Å². The van der Waals surface area contributed by atoms with Gasteiger partial charge in [0.15, 0.2) is 0 Å². The minimum Gasteiger partial charge on any atom is -0.366 e. The standard InChI is InChI=1S/C14H12FN3/c1-10-5-12(8-16)7-14(18-10)17-9-11-3-2-4-13(15)6-11/h2-7H,9H2,1H3,(H,17,18). The number of anilines is 1. The van der Waals surface area contributed by atoms with Crippen LogP contribution in [0.5, 0.6) is 0 Å². The van der Waals surface area contributed by atoms with Crippen molar-refractivity contribution in [1.82, 2.24) is 4.98 Å². The van der Waals surface area contributed by atoms with Gasteiger partial charge in [0, 0.05) is 12.2 Å². The van der Waals surface area contributed by atoms with Crippen molar-refractivity contribution in [1.29, 1.82) is 5.26 Å². The highest BCUT2D eigenvalue weighted by Gasteiger charge is 2.00.